The molecule has 4 nitrogen and oxygen atoms in total. The number of hydrogen-bond acceptors (Lipinski definition) is 3. The van der Waals surface area contributed by atoms with Gasteiger partial charge in [-0.1, -0.05) is 18.2 Å². The molecule has 1 heterocycles. The number of sulfonamides is 1. The predicted octanol–water partition coefficient (Wildman–Crippen LogP) is 3.34. The fourth-order valence-electron chi connectivity index (χ4n) is 2.30. The number of aromatic nitrogens is 1. The zero-order chi connectivity index (χ0) is 16.6. The van der Waals surface area contributed by atoms with Gasteiger partial charge >= 0.3 is 0 Å². The van der Waals surface area contributed by atoms with Gasteiger partial charge in [-0.05, 0) is 24.3 Å². The van der Waals surface area contributed by atoms with Crippen LogP contribution in [-0.4, -0.2) is 20.4 Å². The summed E-state index contributed by atoms with van der Waals surface area (Å²) in [6.07, 6.45) is 1.55. The van der Waals surface area contributed by atoms with Crippen molar-refractivity contribution in [1.82, 2.24) is 4.98 Å². The Morgan fingerprint density at radius 3 is 2.52 bits per heavy atom. The van der Waals surface area contributed by atoms with Crippen LogP contribution in [0.2, 0.25) is 0 Å². The molecule has 3 rings (SSSR count). The first-order valence-electron chi connectivity index (χ1n) is 6.69. The van der Waals surface area contributed by atoms with E-state index in [2.05, 4.69) is 4.98 Å². The second-order valence-corrected chi connectivity index (χ2v) is 6.84. The molecule has 0 unspecified atom stereocenters. The summed E-state index contributed by atoms with van der Waals surface area (Å²) in [6.45, 7) is 0. The van der Waals surface area contributed by atoms with Crippen LogP contribution in [0.5, 0.6) is 0 Å². The van der Waals surface area contributed by atoms with E-state index in [0.717, 1.165) is 21.8 Å². The lowest BCUT2D eigenvalue weighted by molar-refractivity contribution is 0.548. The number of nitrogens with zero attached hydrogens (tertiary/aromatic N) is 2. The Bertz CT molecular complexity index is 985. The molecule has 0 aliphatic carbocycles. The van der Waals surface area contributed by atoms with Gasteiger partial charge in [0.25, 0.3) is 10.0 Å². The summed E-state index contributed by atoms with van der Waals surface area (Å²) in [5.74, 6) is -1.97. The lowest BCUT2D eigenvalue weighted by Gasteiger charge is -2.21. The third-order valence-electron chi connectivity index (χ3n) is 3.48. The summed E-state index contributed by atoms with van der Waals surface area (Å²) in [7, 11) is -2.87. The first-order valence-corrected chi connectivity index (χ1v) is 8.13. The zero-order valence-electron chi connectivity index (χ0n) is 12.1. The fraction of sp³-hybridized carbons (Fsp3) is 0.0625. The van der Waals surface area contributed by atoms with Crippen molar-refractivity contribution < 1.29 is 17.2 Å². The SMILES string of the molecule is CN(c1cccc2cccnc12)S(=O)(=O)c1ccc(F)cc1F. The minimum Gasteiger partial charge on any atom is -0.267 e. The monoisotopic (exact) mass is 334 g/mol. The van der Waals surface area contributed by atoms with Crippen molar-refractivity contribution in [2.45, 2.75) is 4.90 Å². The van der Waals surface area contributed by atoms with Crippen molar-refractivity contribution in [3.8, 4) is 0 Å². The van der Waals surface area contributed by atoms with E-state index in [1.807, 2.05) is 0 Å². The Kier molecular flexibility index (Phi) is 3.73. The Morgan fingerprint density at radius 1 is 1.04 bits per heavy atom. The average Bonchev–Trinajstić information content (AvgIpc) is 2.53. The third-order valence-corrected chi connectivity index (χ3v) is 5.29. The molecular formula is C16H12F2N2O2S. The summed E-state index contributed by atoms with van der Waals surface area (Å²) in [5.41, 5.74) is 0.787. The van der Waals surface area contributed by atoms with Gasteiger partial charge in [0.2, 0.25) is 0 Å². The molecule has 0 saturated heterocycles. The van der Waals surface area contributed by atoms with E-state index in [0.29, 0.717) is 17.3 Å². The lowest BCUT2D eigenvalue weighted by atomic mass is 10.2. The number of anilines is 1. The van der Waals surface area contributed by atoms with Crippen LogP contribution >= 0.6 is 0 Å². The van der Waals surface area contributed by atoms with E-state index in [4.69, 9.17) is 0 Å². The van der Waals surface area contributed by atoms with Gasteiger partial charge < -0.3 is 0 Å². The third kappa shape index (κ3) is 2.63. The summed E-state index contributed by atoms with van der Waals surface area (Å²) in [5, 5.41) is 0.756. The van der Waals surface area contributed by atoms with E-state index in [1.165, 1.54) is 7.05 Å². The second kappa shape index (κ2) is 5.58. The average molecular weight is 334 g/mol. The van der Waals surface area contributed by atoms with Crippen LogP contribution in [0, 0.1) is 11.6 Å². The predicted molar refractivity (Wildman–Crippen MR) is 83.7 cm³/mol. The molecule has 1 aromatic heterocycles. The molecule has 0 aliphatic rings. The maximum atomic E-state index is 13.9. The minimum atomic E-state index is -4.18. The number of benzene rings is 2. The minimum absolute atomic E-state index is 0.312. The molecule has 0 radical (unpaired) electrons. The van der Waals surface area contributed by atoms with Gasteiger partial charge in [-0.25, -0.2) is 17.2 Å². The van der Waals surface area contributed by atoms with Gasteiger partial charge in [-0.15, -0.1) is 0 Å². The van der Waals surface area contributed by atoms with Crippen LogP contribution in [0.1, 0.15) is 0 Å². The van der Waals surface area contributed by atoms with Gasteiger partial charge in [0, 0.05) is 24.7 Å². The summed E-state index contributed by atoms with van der Waals surface area (Å²) >= 11 is 0. The van der Waals surface area contributed by atoms with Crippen LogP contribution in [0.4, 0.5) is 14.5 Å². The van der Waals surface area contributed by atoms with Gasteiger partial charge in [0.05, 0.1) is 11.2 Å². The summed E-state index contributed by atoms with van der Waals surface area (Å²) < 4.78 is 53.1. The maximum Gasteiger partial charge on any atom is 0.267 e. The number of hydrogen-bond donors (Lipinski definition) is 0. The number of halogens is 2. The molecule has 0 saturated carbocycles. The molecule has 0 N–H and O–H groups in total. The van der Waals surface area contributed by atoms with E-state index in [9.17, 15) is 17.2 Å². The highest BCUT2D eigenvalue weighted by Crippen LogP contribution is 2.29. The van der Waals surface area contributed by atoms with Crippen LogP contribution in [0.15, 0.2) is 59.6 Å². The van der Waals surface area contributed by atoms with Crippen LogP contribution < -0.4 is 4.31 Å². The first kappa shape index (κ1) is 15.4. The van der Waals surface area contributed by atoms with Gasteiger partial charge in [0.1, 0.15) is 16.5 Å². The standard InChI is InChI=1S/C16H12F2N2O2S/c1-20(14-6-2-4-11-5-3-9-19-16(11)14)23(21,22)15-8-7-12(17)10-13(15)18/h2-10H,1H3. The molecule has 23 heavy (non-hydrogen) atoms. The molecule has 0 atom stereocenters. The van der Waals surface area contributed by atoms with Crippen LogP contribution in [-0.2, 0) is 10.0 Å². The van der Waals surface area contributed by atoms with Crippen molar-refractivity contribution in [3.05, 3.63) is 66.4 Å². The Morgan fingerprint density at radius 2 is 1.78 bits per heavy atom. The van der Waals surface area contributed by atoms with Crippen molar-refractivity contribution in [2.75, 3.05) is 11.4 Å². The molecule has 0 amide bonds. The highest BCUT2D eigenvalue weighted by atomic mass is 32.2. The highest BCUT2D eigenvalue weighted by molar-refractivity contribution is 7.92. The molecular weight excluding hydrogens is 322 g/mol. The van der Waals surface area contributed by atoms with Crippen molar-refractivity contribution in [1.29, 1.82) is 0 Å². The Labute approximate surface area is 132 Å². The van der Waals surface area contributed by atoms with E-state index in [-0.39, 0.29) is 0 Å². The van der Waals surface area contributed by atoms with Crippen LogP contribution in [0.3, 0.4) is 0 Å². The van der Waals surface area contributed by atoms with Crippen molar-refractivity contribution >= 4 is 26.6 Å². The number of rotatable bonds is 3. The summed E-state index contributed by atoms with van der Waals surface area (Å²) in [6, 6.07) is 11.0. The maximum absolute atomic E-state index is 13.9. The largest absolute Gasteiger partial charge is 0.267 e. The summed E-state index contributed by atoms with van der Waals surface area (Å²) in [4.78, 5) is 3.60. The molecule has 118 valence electrons. The number of pyridine rings is 1. The van der Waals surface area contributed by atoms with Crippen molar-refractivity contribution in [2.24, 2.45) is 0 Å². The topological polar surface area (TPSA) is 50.3 Å². The fourth-order valence-corrected chi connectivity index (χ4v) is 3.55. The number of para-hydroxylation sites is 1. The van der Waals surface area contributed by atoms with E-state index in [1.54, 1.807) is 36.5 Å². The zero-order valence-corrected chi connectivity index (χ0v) is 12.9. The van der Waals surface area contributed by atoms with Crippen molar-refractivity contribution in [3.63, 3.8) is 0 Å². The van der Waals surface area contributed by atoms with Gasteiger partial charge in [-0.3, -0.25) is 9.29 Å². The van der Waals surface area contributed by atoms with Gasteiger partial charge in [-0.2, -0.15) is 0 Å². The molecule has 0 fully saturated rings. The second-order valence-electron chi connectivity index (χ2n) is 4.90. The molecule has 0 bridgehead atoms. The highest BCUT2D eigenvalue weighted by Gasteiger charge is 2.26. The van der Waals surface area contributed by atoms with Crippen LogP contribution in [0.25, 0.3) is 10.9 Å². The Balaban J connectivity index is 2.16. The van der Waals surface area contributed by atoms with E-state index >= 15 is 0 Å². The quantitative estimate of drug-likeness (QED) is 0.738. The Hall–Kier alpha value is -2.54. The first-order chi connectivity index (χ1) is 10.9. The normalized spacial score (nSPS) is 11.6. The lowest BCUT2D eigenvalue weighted by Crippen LogP contribution is -2.27. The molecule has 2 aromatic carbocycles. The molecule has 7 heteroatoms. The molecule has 3 aromatic rings. The number of fused-ring (bicyclic) bond motifs is 1. The molecule has 0 aliphatic heterocycles. The molecule has 0 spiro atoms. The van der Waals surface area contributed by atoms with E-state index < -0.39 is 26.6 Å². The smallest absolute Gasteiger partial charge is 0.267 e. The van der Waals surface area contributed by atoms with Gasteiger partial charge in [0.15, 0.2) is 0 Å².